The molecule has 0 bridgehead atoms. The highest BCUT2D eigenvalue weighted by Crippen LogP contribution is 2.30. The average Bonchev–Trinajstić information content (AvgIpc) is 3.41. The molecule has 0 aliphatic heterocycles. The zero-order valence-electron chi connectivity index (χ0n) is 15.2. The van der Waals surface area contributed by atoms with E-state index in [1.54, 1.807) is 48.5 Å². The Kier molecular flexibility index (Phi) is 3.98. The van der Waals surface area contributed by atoms with Gasteiger partial charge >= 0.3 is 0 Å². The van der Waals surface area contributed by atoms with E-state index in [1.165, 1.54) is 6.20 Å². The van der Waals surface area contributed by atoms with Crippen LogP contribution in [0.1, 0.15) is 0 Å². The molecule has 9 heteroatoms. The minimum atomic E-state index is -0.519. The molecule has 0 saturated heterocycles. The van der Waals surface area contributed by atoms with E-state index in [0.717, 1.165) is 16.6 Å². The van der Waals surface area contributed by atoms with Gasteiger partial charge in [0.05, 0.1) is 24.5 Å². The van der Waals surface area contributed by atoms with E-state index in [9.17, 15) is 4.39 Å². The molecular formula is C20H14FN7O. The van der Waals surface area contributed by atoms with Gasteiger partial charge in [0, 0.05) is 29.4 Å². The molecule has 5 rings (SSSR count). The Bertz CT molecular complexity index is 1330. The van der Waals surface area contributed by atoms with E-state index in [1.807, 2.05) is 18.2 Å². The molecule has 0 unspecified atom stereocenters. The number of H-pyrrole nitrogens is 1. The number of methoxy groups -OCH3 is 1. The number of nitrogens with one attached hydrogen (secondary N) is 1. The van der Waals surface area contributed by atoms with Crippen LogP contribution in [0.25, 0.3) is 39.1 Å². The van der Waals surface area contributed by atoms with Crippen molar-refractivity contribution in [2.24, 2.45) is 0 Å². The van der Waals surface area contributed by atoms with Crippen molar-refractivity contribution in [3.05, 3.63) is 67.0 Å². The quantitative estimate of drug-likeness (QED) is 0.475. The number of aromatic nitrogens is 7. The SMILES string of the molecule is COc1cc(-n2cc(-c3n[nH]c4ccc(-c5cccnc5F)cc34)nn2)ccn1. The third kappa shape index (κ3) is 2.98. The number of halogens is 1. The molecule has 0 amide bonds. The smallest absolute Gasteiger partial charge is 0.220 e. The summed E-state index contributed by atoms with van der Waals surface area (Å²) in [6.07, 6.45) is 4.82. The summed E-state index contributed by atoms with van der Waals surface area (Å²) >= 11 is 0. The first-order valence-electron chi connectivity index (χ1n) is 8.75. The second kappa shape index (κ2) is 6.79. The molecule has 29 heavy (non-hydrogen) atoms. The zero-order valence-corrected chi connectivity index (χ0v) is 15.2. The van der Waals surface area contributed by atoms with E-state index < -0.39 is 5.95 Å². The highest BCUT2D eigenvalue weighted by molar-refractivity contribution is 5.94. The first kappa shape index (κ1) is 17.0. The van der Waals surface area contributed by atoms with Gasteiger partial charge in [-0.15, -0.1) is 5.10 Å². The maximum atomic E-state index is 14.1. The lowest BCUT2D eigenvalue weighted by molar-refractivity contribution is 0.397. The van der Waals surface area contributed by atoms with Crippen molar-refractivity contribution < 1.29 is 9.13 Å². The minimum Gasteiger partial charge on any atom is -0.481 e. The van der Waals surface area contributed by atoms with Crippen molar-refractivity contribution in [3.8, 4) is 34.1 Å². The fourth-order valence-electron chi connectivity index (χ4n) is 3.13. The molecule has 4 heterocycles. The number of hydrogen-bond acceptors (Lipinski definition) is 6. The summed E-state index contributed by atoms with van der Waals surface area (Å²) in [5, 5.41) is 16.6. The molecule has 0 saturated carbocycles. The second-order valence-corrected chi connectivity index (χ2v) is 6.28. The van der Waals surface area contributed by atoms with E-state index in [4.69, 9.17) is 4.74 Å². The van der Waals surface area contributed by atoms with Crippen molar-refractivity contribution in [1.82, 2.24) is 35.2 Å². The van der Waals surface area contributed by atoms with Gasteiger partial charge in [-0.2, -0.15) is 9.49 Å². The first-order chi connectivity index (χ1) is 14.2. The molecule has 0 radical (unpaired) electrons. The average molecular weight is 387 g/mol. The molecule has 4 aromatic heterocycles. The topological polar surface area (TPSA) is 94.4 Å². The largest absolute Gasteiger partial charge is 0.481 e. The number of nitrogens with zero attached hydrogens (tertiary/aromatic N) is 6. The zero-order chi connectivity index (χ0) is 19.8. The van der Waals surface area contributed by atoms with Gasteiger partial charge in [-0.05, 0) is 35.9 Å². The van der Waals surface area contributed by atoms with Gasteiger partial charge in [0.15, 0.2) is 0 Å². The Morgan fingerprint density at radius 3 is 2.86 bits per heavy atom. The molecule has 5 aromatic rings. The van der Waals surface area contributed by atoms with Gasteiger partial charge in [0.25, 0.3) is 0 Å². The Morgan fingerprint density at radius 1 is 1.07 bits per heavy atom. The number of aromatic amines is 1. The van der Waals surface area contributed by atoms with Crippen LogP contribution in [-0.4, -0.2) is 42.3 Å². The Balaban J connectivity index is 1.58. The second-order valence-electron chi connectivity index (χ2n) is 6.28. The molecule has 8 nitrogen and oxygen atoms in total. The number of pyridine rings is 2. The van der Waals surface area contributed by atoms with Crippen molar-refractivity contribution >= 4 is 10.9 Å². The minimum absolute atomic E-state index is 0.425. The normalized spacial score (nSPS) is 11.1. The summed E-state index contributed by atoms with van der Waals surface area (Å²) in [7, 11) is 1.55. The van der Waals surface area contributed by atoms with Crippen LogP contribution in [0.4, 0.5) is 4.39 Å². The lowest BCUT2D eigenvalue weighted by Crippen LogP contribution is -1.96. The van der Waals surface area contributed by atoms with Crippen molar-refractivity contribution in [2.45, 2.75) is 0 Å². The van der Waals surface area contributed by atoms with Gasteiger partial charge in [0.2, 0.25) is 11.8 Å². The summed E-state index contributed by atoms with van der Waals surface area (Å²) in [6, 6.07) is 12.5. The Labute approximate surface area is 164 Å². The fourth-order valence-corrected chi connectivity index (χ4v) is 3.13. The third-order valence-corrected chi connectivity index (χ3v) is 4.56. The van der Waals surface area contributed by atoms with Gasteiger partial charge in [-0.25, -0.2) is 14.6 Å². The maximum absolute atomic E-state index is 14.1. The third-order valence-electron chi connectivity index (χ3n) is 4.56. The summed E-state index contributed by atoms with van der Waals surface area (Å²) in [6.45, 7) is 0. The van der Waals surface area contributed by atoms with Crippen LogP contribution < -0.4 is 4.74 Å². The molecule has 1 N–H and O–H groups in total. The number of fused-ring (bicyclic) bond motifs is 1. The fraction of sp³-hybridized carbons (Fsp3) is 0.0500. The van der Waals surface area contributed by atoms with Gasteiger partial charge in [0.1, 0.15) is 11.4 Å². The molecule has 0 fully saturated rings. The number of ether oxygens (including phenoxy) is 1. The van der Waals surface area contributed by atoms with Crippen LogP contribution in [0.3, 0.4) is 0 Å². The van der Waals surface area contributed by atoms with E-state index in [-0.39, 0.29) is 0 Å². The van der Waals surface area contributed by atoms with E-state index in [0.29, 0.717) is 28.4 Å². The predicted molar refractivity (Wildman–Crippen MR) is 104 cm³/mol. The van der Waals surface area contributed by atoms with Crippen molar-refractivity contribution in [3.63, 3.8) is 0 Å². The summed E-state index contributed by atoms with van der Waals surface area (Å²) in [5.41, 5.74) is 3.90. The van der Waals surface area contributed by atoms with E-state index in [2.05, 4.69) is 30.5 Å². The number of hydrogen-bond donors (Lipinski definition) is 1. The highest BCUT2D eigenvalue weighted by atomic mass is 19.1. The molecule has 0 aliphatic rings. The van der Waals surface area contributed by atoms with Crippen LogP contribution >= 0.6 is 0 Å². The standard InChI is InChI=1S/C20H14FN7O/c1-29-18-10-13(6-8-22-18)28-11-17(25-27-28)19-15-9-12(4-5-16(15)24-26-19)14-3-2-7-23-20(14)21/h2-11H,1H3,(H,24,26). The van der Waals surface area contributed by atoms with Crippen LogP contribution in [0.15, 0.2) is 61.1 Å². The summed E-state index contributed by atoms with van der Waals surface area (Å²) < 4.78 is 20.9. The number of rotatable bonds is 4. The van der Waals surface area contributed by atoms with Crippen LogP contribution in [0, 0.1) is 5.95 Å². The monoisotopic (exact) mass is 387 g/mol. The molecule has 0 atom stereocenters. The highest BCUT2D eigenvalue weighted by Gasteiger charge is 2.15. The van der Waals surface area contributed by atoms with E-state index >= 15 is 0 Å². The molecule has 0 aliphatic carbocycles. The predicted octanol–water partition coefficient (Wildman–Crippen LogP) is 3.42. The van der Waals surface area contributed by atoms with Gasteiger partial charge in [-0.1, -0.05) is 11.3 Å². The molecule has 1 aromatic carbocycles. The first-order valence-corrected chi connectivity index (χ1v) is 8.75. The van der Waals surface area contributed by atoms with Crippen LogP contribution in [-0.2, 0) is 0 Å². The maximum Gasteiger partial charge on any atom is 0.220 e. The Morgan fingerprint density at radius 2 is 2.00 bits per heavy atom. The lowest BCUT2D eigenvalue weighted by atomic mass is 10.0. The molecular weight excluding hydrogens is 373 g/mol. The van der Waals surface area contributed by atoms with Gasteiger partial charge < -0.3 is 4.74 Å². The summed E-state index contributed by atoms with van der Waals surface area (Å²) in [5.74, 6) is -0.0395. The summed E-state index contributed by atoms with van der Waals surface area (Å²) in [4.78, 5) is 7.81. The number of benzene rings is 1. The van der Waals surface area contributed by atoms with Crippen LogP contribution in [0.2, 0.25) is 0 Å². The molecule has 0 spiro atoms. The Hall–Kier alpha value is -4.14. The van der Waals surface area contributed by atoms with Crippen molar-refractivity contribution in [1.29, 1.82) is 0 Å². The lowest BCUT2D eigenvalue weighted by Gasteiger charge is -2.03. The van der Waals surface area contributed by atoms with Gasteiger partial charge in [-0.3, -0.25) is 5.10 Å². The van der Waals surface area contributed by atoms with Crippen LogP contribution in [0.5, 0.6) is 5.88 Å². The molecule has 142 valence electrons. The van der Waals surface area contributed by atoms with Crippen molar-refractivity contribution in [2.75, 3.05) is 7.11 Å².